The molecule has 1 N–H and O–H groups in total. The molecule has 226 valence electrons. The topological polar surface area (TPSA) is 105 Å². The second-order valence-electron chi connectivity index (χ2n) is 9.96. The van der Waals surface area contributed by atoms with Gasteiger partial charge in [-0.05, 0) is 61.7 Å². The highest BCUT2D eigenvalue weighted by Crippen LogP contribution is 2.28. The first-order valence-corrected chi connectivity index (χ1v) is 15.5. The Balaban J connectivity index is 2.05. The summed E-state index contributed by atoms with van der Waals surface area (Å²) in [4.78, 5) is 29.0. The number of carbonyl (C=O) groups is 2. The van der Waals surface area contributed by atoms with Crippen LogP contribution in [0.4, 0.5) is 5.69 Å². The first-order chi connectivity index (χ1) is 20.1. The average molecular weight is 596 g/mol. The van der Waals surface area contributed by atoms with Gasteiger partial charge in [-0.1, -0.05) is 56.2 Å². The Kier molecular flexibility index (Phi) is 11.8. The van der Waals surface area contributed by atoms with Gasteiger partial charge in [0.05, 0.1) is 24.8 Å². The number of aryl methyl sites for hydroxylation is 1. The Morgan fingerprint density at radius 1 is 0.905 bits per heavy atom. The minimum Gasteiger partial charge on any atom is -0.497 e. The summed E-state index contributed by atoms with van der Waals surface area (Å²) in [5, 5.41) is 2.93. The van der Waals surface area contributed by atoms with Crippen LogP contribution in [0.1, 0.15) is 44.2 Å². The van der Waals surface area contributed by atoms with Gasteiger partial charge in [-0.3, -0.25) is 13.9 Å². The van der Waals surface area contributed by atoms with E-state index in [1.54, 1.807) is 55.6 Å². The monoisotopic (exact) mass is 595 g/mol. The van der Waals surface area contributed by atoms with Gasteiger partial charge in [0.15, 0.2) is 0 Å². The average Bonchev–Trinajstić information content (AvgIpc) is 3.00. The van der Waals surface area contributed by atoms with Gasteiger partial charge in [-0.2, -0.15) is 0 Å². The van der Waals surface area contributed by atoms with Crippen LogP contribution in [0.3, 0.4) is 0 Å². The third-order valence-corrected chi connectivity index (χ3v) is 8.74. The highest BCUT2D eigenvalue weighted by Gasteiger charge is 2.33. The summed E-state index contributed by atoms with van der Waals surface area (Å²) in [5.41, 5.74) is 1.95. The Morgan fingerprint density at radius 3 is 2.17 bits per heavy atom. The molecule has 0 radical (unpaired) electrons. The number of nitrogens with one attached hydrogen (secondary N) is 1. The molecule has 0 fully saturated rings. The number of sulfonamides is 1. The molecular formula is C32H41N3O6S. The van der Waals surface area contributed by atoms with Crippen molar-refractivity contribution in [3.05, 3.63) is 83.9 Å². The molecule has 0 aliphatic rings. The summed E-state index contributed by atoms with van der Waals surface area (Å²) in [6.45, 7) is 5.82. The van der Waals surface area contributed by atoms with Gasteiger partial charge in [-0.25, -0.2) is 8.42 Å². The highest BCUT2D eigenvalue weighted by molar-refractivity contribution is 7.92. The van der Waals surface area contributed by atoms with Gasteiger partial charge in [0.2, 0.25) is 11.8 Å². The van der Waals surface area contributed by atoms with Crippen LogP contribution in [-0.4, -0.2) is 58.5 Å². The second kappa shape index (κ2) is 15.3. The molecular weight excluding hydrogens is 554 g/mol. The summed E-state index contributed by atoms with van der Waals surface area (Å²) in [6, 6.07) is 19.4. The summed E-state index contributed by atoms with van der Waals surface area (Å²) in [5.74, 6) is 0.319. The molecule has 9 nitrogen and oxygen atoms in total. The van der Waals surface area contributed by atoms with E-state index >= 15 is 0 Å². The summed E-state index contributed by atoms with van der Waals surface area (Å²) in [7, 11) is -1.10. The zero-order chi connectivity index (χ0) is 30.7. The van der Waals surface area contributed by atoms with Gasteiger partial charge >= 0.3 is 0 Å². The van der Waals surface area contributed by atoms with Crippen LogP contribution in [0.5, 0.6) is 11.5 Å². The van der Waals surface area contributed by atoms with Crippen molar-refractivity contribution in [3.8, 4) is 11.5 Å². The number of anilines is 1. The molecule has 2 amide bonds. The fraction of sp³-hybridized carbons (Fsp3) is 0.375. The molecule has 0 aromatic heterocycles. The van der Waals surface area contributed by atoms with Crippen LogP contribution < -0.4 is 19.1 Å². The van der Waals surface area contributed by atoms with E-state index in [4.69, 9.17) is 9.47 Å². The third-order valence-electron chi connectivity index (χ3n) is 6.96. The smallest absolute Gasteiger partial charge is 0.264 e. The number of methoxy groups -OCH3 is 2. The van der Waals surface area contributed by atoms with E-state index in [2.05, 4.69) is 5.32 Å². The van der Waals surface area contributed by atoms with Gasteiger partial charge in [0.25, 0.3) is 10.0 Å². The van der Waals surface area contributed by atoms with Crippen molar-refractivity contribution >= 4 is 27.5 Å². The molecule has 0 saturated carbocycles. The zero-order valence-electron chi connectivity index (χ0n) is 25.0. The highest BCUT2D eigenvalue weighted by atomic mass is 32.2. The van der Waals surface area contributed by atoms with Crippen LogP contribution in [0.25, 0.3) is 0 Å². The molecule has 0 bridgehead atoms. The fourth-order valence-corrected chi connectivity index (χ4v) is 5.89. The molecule has 1 atom stereocenters. The van der Waals surface area contributed by atoms with Gasteiger partial charge in [-0.15, -0.1) is 0 Å². The Labute approximate surface area is 249 Å². The predicted octanol–water partition coefficient (Wildman–Crippen LogP) is 4.93. The van der Waals surface area contributed by atoms with Gasteiger partial charge in [0, 0.05) is 19.2 Å². The first kappa shape index (κ1) is 32.5. The quantitative estimate of drug-likeness (QED) is 0.250. The molecule has 3 aromatic rings. The minimum atomic E-state index is -4.16. The zero-order valence-corrected chi connectivity index (χ0v) is 25.8. The van der Waals surface area contributed by atoms with E-state index < -0.39 is 28.5 Å². The van der Waals surface area contributed by atoms with Crippen molar-refractivity contribution in [1.82, 2.24) is 10.2 Å². The lowest BCUT2D eigenvalue weighted by atomic mass is 10.1. The fourth-order valence-electron chi connectivity index (χ4n) is 4.49. The molecule has 3 aromatic carbocycles. The van der Waals surface area contributed by atoms with E-state index in [1.807, 2.05) is 32.9 Å². The number of ether oxygens (including phenoxy) is 2. The van der Waals surface area contributed by atoms with Crippen LogP contribution in [0, 0.1) is 6.92 Å². The molecule has 0 aliphatic carbocycles. The summed E-state index contributed by atoms with van der Waals surface area (Å²) < 4.78 is 39.7. The Hall–Kier alpha value is -4.05. The standard InChI is InChI=1S/C32H41N3O6S/c1-6-8-20-33-32(37)30(7-2)34(22-25-14-16-27(40-4)17-15-25)31(36)23-35(26-10-9-11-28(21-26)41-5)42(38,39)29-18-12-24(3)13-19-29/h9-19,21,30H,6-8,20,22-23H2,1-5H3,(H,33,37)/t30-/m0/s1. The van der Waals surface area contributed by atoms with E-state index in [0.29, 0.717) is 24.5 Å². The lowest BCUT2D eigenvalue weighted by Crippen LogP contribution is -2.52. The SMILES string of the molecule is CCCCNC(=O)[C@H](CC)N(Cc1ccc(OC)cc1)C(=O)CN(c1cccc(OC)c1)S(=O)(=O)c1ccc(C)cc1. The maximum absolute atomic E-state index is 14.2. The Morgan fingerprint density at radius 2 is 1.57 bits per heavy atom. The number of rotatable bonds is 15. The largest absolute Gasteiger partial charge is 0.497 e. The predicted molar refractivity (Wildman–Crippen MR) is 164 cm³/mol. The van der Waals surface area contributed by atoms with Gasteiger partial charge in [0.1, 0.15) is 24.1 Å². The molecule has 0 saturated heterocycles. The summed E-state index contributed by atoms with van der Waals surface area (Å²) >= 11 is 0. The molecule has 0 heterocycles. The first-order valence-electron chi connectivity index (χ1n) is 14.1. The lowest BCUT2D eigenvalue weighted by Gasteiger charge is -2.33. The van der Waals surface area contributed by atoms with E-state index in [-0.39, 0.29) is 23.0 Å². The number of benzene rings is 3. The maximum Gasteiger partial charge on any atom is 0.264 e. The van der Waals surface area contributed by atoms with Crippen molar-refractivity contribution < 1.29 is 27.5 Å². The van der Waals surface area contributed by atoms with Crippen LogP contribution in [0.15, 0.2) is 77.7 Å². The second-order valence-corrected chi connectivity index (χ2v) is 11.8. The molecule has 3 rings (SSSR count). The lowest BCUT2D eigenvalue weighted by molar-refractivity contribution is -0.140. The molecule has 0 aliphatic heterocycles. The molecule has 0 spiro atoms. The third kappa shape index (κ3) is 8.25. The van der Waals surface area contributed by atoms with E-state index in [0.717, 1.165) is 28.3 Å². The molecule has 10 heteroatoms. The van der Waals surface area contributed by atoms with Crippen molar-refractivity contribution in [2.75, 3.05) is 31.6 Å². The minimum absolute atomic E-state index is 0.0507. The summed E-state index contributed by atoms with van der Waals surface area (Å²) in [6.07, 6.45) is 2.08. The Bertz CT molecular complexity index is 1430. The van der Waals surface area contributed by atoms with E-state index in [1.165, 1.54) is 24.1 Å². The van der Waals surface area contributed by atoms with Crippen molar-refractivity contribution in [3.63, 3.8) is 0 Å². The van der Waals surface area contributed by atoms with Crippen LogP contribution >= 0.6 is 0 Å². The number of carbonyl (C=O) groups excluding carboxylic acids is 2. The van der Waals surface area contributed by atoms with Crippen molar-refractivity contribution in [2.45, 2.75) is 57.5 Å². The van der Waals surface area contributed by atoms with Gasteiger partial charge < -0.3 is 19.7 Å². The number of hydrogen-bond donors (Lipinski definition) is 1. The molecule has 42 heavy (non-hydrogen) atoms. The van der Waals surface area contributed by atoms with Crippen LogP contribution in [0.2, 0.25) is 0 Å². The van der Waals surface area contributed by atoms with Crippen molar-refractivity contribution in [1.29, 1.82) is 0 Å². The maximum atomic E-state index is 14.2. The normalized spacial score (nSPS) is 11.8. The number of nitrogens with zero attached hydrogens (tertiary/aromatic N) is 2. The number of unbranched alkanes of at least 4 members (excludes halogenated alkanes) is 1. The number of hydrogen-bond acceptors (Lipinski definition) is 6. The number of amides is 2. The van der Waals surface area contributed by atoms with Crippen LogP contribution in [-0.2, 0) is 26.2 Å². The van der Waals surface area contributed by atoms with E-state index in [9.17, 15) is 18.0 Å². The van der Waals surface area contributed by atoms with Crippen molar-refractivity contribution in [2.24, 2.45) is 0 Å². The molecule has 0 unspecified atom stereocenters.